The van der Waals surface area contributed by atoms with Crippen LogP contribution >= 0.6 is 0 Å². The van der Waals surface area contributed by atoms with Crippen molar-refractivity contribution >= 4 is 23.3 Å². The number of carbonyl (C=O) groups excluding carboxylic acids is 1. The predicted octanol–water partition coefficient (Wildman–Crippen LogP) is 2.12. The highest BCUT2D eigenvalue weighted by Gasteiger charge is 2.20. The van der Waals surface area contributed by atoms with E-state index in [2.05, 4.69) is 5.16 Å². The topological polar surface area (TPSA) is 90.2 Å². The lowest BCUT2D eigenvalue weighted by Crippen LogP contribution is -2.24. The highest BCUT2D eigenvalue weighted by atomic mass is 16.4. The smallest absolute Gasteiger partial charge is 0.303 e. The van der Waals surface area contributed by atoms with E-state index in [4.69, 9.17) is 10.3 Å². The Balaban J connectivity index is 2.06. The van der Waals surface area contributed by atoms with Gasteiger partial charge in [0.05, 0.1) is 6.42 Å². The number of hydrogen-bond donors (Lipinski definition) is 2. The number of benzene rings is 1. The Morgan fingerprint density at radius 1 is 1.20 bits per heavy atom. The quantitative estimate of drug-likeness (QED) is 0.488. The number of rotatable bonds is 5. The minimum atomic E-state index is -0.976. The van der Waals surface area contributed by atoms with E-state index in [-0.39, 0.29) is 18.6 Å². The molecule has 1 heterocycles. The van der Waals surface area contributed by atoms with Crippen LogP contribution in [0.15, 0.2) is 29.4 Å². The van der Waals surface area contributed by atoms with Gasteiger partial charge >= 0.3 is 5.97 Å². The minimum absolute atomic E-state index is 0.00173. The van der Waals surface area contributed by atoms with Crippen molar-refractivity contribution in [2.24, 2.45) is 5.16 Å². The van der Waals surface area contributed by atoms with Crippen molar-refractivity contribution in [3.05, 3.63) is 29.8 Å². The standard InChI is InChI=1S/C14H16N2O4/c17-12(7-8-14(18)19)10-3-5-11(6-4-10)16-9-1-2-13(16)15-20/h3-6,20H,1-2,7-9H2,(H,18,19). The lowest BCUT2D eigenvalue weighted by Gasteiger charge is -2.17. The van der Waals surface area contributed by atoms with E-state index in [1.54, 1.807) is 24.3 Å². The van der Waals surface area contributed by atoms with E-state index in [0.29, 0.717) is 11.4 Å². The van der Waals surface area contributed by atoms with Crippen LogP contribution in [0.2, 0.25) is 0 Å². The van der Waals surface area contributed by atoms with Crippen molar-refractivity contribution in [1.29, 1.82) is 0 Å². The van der Waals surface area contributed by atoms with Crippen LogP contribution in [0.5, 0.6) is 0 Å². The number of carboxylic acids is 1. The van der Waals surface area contributed by atoms with Crippen LogP contribution in [-0.4, -0.2) is 34.4 Å². The Morgan fingerprint density at radius 3 is 2.50 bits per heavy atom. The molecule has 2 N–H and O–H groups in total. The summed E-state index contributed by atoms with van der Waals surface area (Å²) in [5.41, 5.74) is 1.36. The zero-order valence-corrected chi connectivity index (χ0v) is 11.0. The third-order valence-corrected chi connectivity index (χ3v) is 3.28. The molecule has 2 rings (SSSR count). The van der Waals surface area contributed by atoms with Gasteiger partial charge in [0.2, 0.25) is 0 Å². The molecule has 1 saturated heterocycles. The number of carboxylic acid groups (broad SMARTS) is 1. The molecule has 1 fully saturated rings. The van der Waals surface area contributed by atoms with Gasteiger partial charge in [-0.25, -0.2) is 0 Å². The number of amidine groups is 1. The first kappa shape index (κ1) is 14.0. The zero-order chi connectivity index (χ0) is 14.5. The van der Waals surface area contributed by atoms with Crippen LogP contribution in [0.3, 0.4) is 0 Å². The van der Waals surface area contributed by atoms with E-state index in [1.807, 2.05) is 4.90 Å². The van der Waals surface area contributed by atoms with Crippen LogP contribution in [0, 0.1) is 0 Å². The van der Waals surface area contributed by atoms with Crippen LogP contribution in [0.1, 0.15) is 36.0 Å². The lowest BCUT2D eigenvalue weighted by molar-refractivity contribution is -0.136. The summed E-state index contributed by atoms with van der Waals surface area (Å²) >= 11 is 0. The first-order chi connectivity index (χ1) is 9.61. The van der Waals surface area contributed by atoms with Gasteiger partial charge in [-0.3, -0.25) is 9.59 Å². The van der Waals surface area contributed by atoms with E-state index in [1.165, 1.54) is 0 Å². The molecule has 0 aliphatic carbocycles. The summed E-state index contributed by atoms with van der Waals surface area (Å²) in [4.78, 5) is 24.1. The molecule has 0 radical (unpaired) electrons. The largest absolute Gasteiger partial charge is 0.481 e. The van der Waals surface area contributed by atoms with Crippen molar-refractivity contribution in [2.45, 2.75) is 25.7 Å². The van der Waals surface area contributed by atoms with Gasteiger partial charge in [-0.05, 0) is 30.7 Å². The van der Waals surface area contributed by atoms with Crippen molar-refractivity contribution in [1.82, 2.24) is 0 Å². The average molecular weight is 276 g/mol. The maximum atomic E-state index is 11.8. The van der Waals surface area contributed by atoms with Crippen LogP contribution < -0.4 is 4.90 Å². The Morgan fingerprint density at radius 2 is 1.90 bits per heavy atom. The number of oxime groups is 1. The summed E-state index contributed by atoms with van der Waals surface area (Å²) in [7, 11) is 0. The first-order valence-electron chi connectivity index (χ1n) is 6.45. The molecule has 6 nitrogen and oxygen atoms in total. The van der Waals surface area contributed by atoms with Gasteiger partial charge in [-0.1, -0.05) is 5.16 Å². The number of aliphatic carboxylic acids is 1. The molecule has 1 aliphatic rings. The highest BCUT2D eigenvalue weighted by molar-refractivity contribution is 6.01. The number of anilines is 1. The molecule has 1 aromatic rings. The summed E-state index contributed by atoms with van der Waals surface area (Å²) < 4.78 is 0. The van der Waals surface area contributed by atoms with Crippen LogP contribution in [0.25, 0.3) is 0 Å². The van der Waals surface area contributed by atoms with Gasteiger partial charge in [0.15, 0.2) is 5.78 Å². The summed E-state index contributed by atoms with van der Waals surface area (Å²) in [6, 6.07) is 6.91. The van der Waals surface area contributed by atoms with E-state index >= 15 is 0 Å². The fourth-order valence-corrected chi connectivity index (χ4v) is 2.23. The van der Waals surface area contributed by atoms with Crippen molar-refractivity contribution in [3.63, 3.8) is 0 Å². The van der Waals surface area contributed by atoms with E-state index < -0.39 is 5.97 Å². The monoisotopic (exact) mass is 276 g/mol. The molecular weight excluding hydrogens is 260 g/mol. The molecule has 0 spiro atoms. The molecule has 0 bridgehead atoms. The Bertz CT molecular complexity index is 537. The van der Waals surface area contributed by atoms with Gasteiger partial charge in [0, 0.05) is 30.6 Å². The summed E-state index contributed by atoms with van der Waals surface area (Å²) in [5, 5.41) is 20.7. The molecule has 6 heteroatoms. The number of Topliss-reactive ketones (excluding diaryl/α,β-unsaturated/α-hetero) is 1. The molecule has 20 heavy (non-hydrogen) atoms. The second kappa shape index (κ2) is 6.18. The fraction of sp³-hybridized carbons (Fsp3) is 0.357. The molecule has 0 aromatic heterocycles. The molecule has 1 aliphatic heterocycles. The second-order valence-corrected chi connectivity index (χ2v) is 4.64. The van der Waals surface area contributed by atoms with Gasteiger partial charge < -0.3 is 15.2 Å². The van der Waals surface area contributed by atoms with Crippen molar-refractivity contribution < 1.29 is 19.9 Å². The molecule has 0 amide bonds. The number of ketones is 1. The van der Waals surface area contributed by atoms with Gasteiger partial charge in [0.25, 0.3) is 0 Å². The Kier molecular flexibility index (Phi) is 4.34. The molecule has 0 saturated carbocycles. The normalized spacial score (nSPS) is 16.6. The number of nitrogens with zero attached hydrogens (tertiary/aromatic N) is 2. The van der Waals surface area contributed by atoms with Crippen molar-refractivity contribution in [3.8, 4) is 0 Å². The van der Waals surface area contributed by atoms with Gasteiger partial charge in [-0.2, -0.15) is 0 Å². The third kappa shape index (κ3) is 3.14. The maximum Gasteiger partial charge on any atom is 0.303 e. The van der Waals surface area contributed by atoms with E-state index in [9.17, 15) is 9.59 Å². The third-order valence-electron chi connectivity index (χ3n) is 3.28. The Hall–Kier alpha value is -2.37. The SMILES string of the molecule is O=C(O)CCC(=O)c1ccc(N2CCCC2=NO)cc1. The van der Waals surface area contributed by atoms with Crippen LogP contribution in [0.4, 0.5) is 5.69 Å². The molecule has 0 atom stereocenters. The van der Waals surface area contributed by atoms with E-state index in [0.717, 1.165) is 25.1 Å². The highest BCUT2D eigenvalue weighted by Crippen LogP contribution is 2.22. The summed E-state index contributed by atoms with van der Waals surface area (Å²) in [5.74, 6) is -0.540. The molecule has 106 valence electrons. The molecule has 0 unspecified atom stereocenters. The average Bonchev–Trinajstić information content (AvgIpc) is 2.93. The first-order valence-corrected chi connectivity index (χ1v) is 6.45. The maximum absolute atomic E-state index is 11.8. The molecular formula is C14H16N2O4. The summed E-state index contributed by atoms with van der Waals surface area (Å²) in [6.07, 6.45) is 1.50. The van der Waals surface area contributed by atoms with Gasteiger partial charge in [-0.15, -0.1) is 0 Å². The summed E-state index contributed by atoms with van der Waals surface area (Å²) in [6.45, 7) is 0.783. The Labute approximate surface area is 116 Å². The van der Waals surface area contributed by atoms with Crippen LogP contribution in [-0.2, 0) is 4.79 Å². The lowest BCUT2D eigenvalue weighted by atomic mass is 10.1. The number of carbonyl (C=O) groups is 2. The molecule has 1 aromatic carbocycles. The second-order valence-electron chi connectivity index (χ2n) is 4.64. The van der Waals surface area contributed by atoms with Crippen molar-refractivity contribution in [2.75, 3.05) is 11.4 Å². The van der Waals surface area contributed by atoms with Gasteiger partial charge in [0.1, 0.15) is 5.84 Å². The minimum Gasteiger partial charge on any atom is -0.481 e. The predicted molar refractivity (Wildman–Crippen MR) is 73.4 cm³/mol. The zero-order valence-electron chi connectivity index (χ0n) is 11.0. The number of hydrogen-bond acceptors (Lipinski definition) is 4. The fourth-order valence-electron chi connectivity index (χ4n) is 2.23.